The Labute approximate surface area is 126 Å². The van der Waals surface area contributed by atoms with Gasteiger partial charge in [0.25, 0.3) is 0 Å². The molecule has 21 heavy (non-hydrogen) atoms. The number of esters is 1. The van der Waals surface area contributed by atoms with Crippen molar-refractivity contribution in [1.82, 2.24) is 0 Å². The largest absolute Gasteiger partial charge is 0.465 e. The summed E-state index contributed by atoms with van der Waals surface area (Å²) in [6, 6.07) is 12.4. The molecular formula is C18H23NO2. The fourth-order valence-electron chi connectivity index (χ4n) is 3.62. The minimum atomic E-state index is -0.664. The Morgan fingerprint density at radius 1 is 1.48 bits per heavy atom. The van der Waals surface area contributed by atoms with Gasteiger partial charge in [-0.2, -0.15) is 5.26 Å². The van der Waals surface area contributed by atoms with Crippen molar-refractivity contribution in [2.75, 3.05) is 6.61 Å². The second-order valence-electron chi connectivity index (χ2n) is 6.19. The molecule has 3 nitrogen and oxygen atoms in total. The minimum Gasteiger partial charge on any atom is -0.465 e. The lowest BCUT2D eigenvalue weighted by atomic mass is 9.70. The zero-order chi connectivity index (χ0) is 15.3. The van der Waals surface area contributed by atoms with E-state index < -0.39 is 5.92 Å². The maximum Gasteiger partial charge on any atom is 0.323 e. The fraction of sp³-hybridized carbons (Fsp3) is 0.556. The Morgan fingerprint density at radius 2 is 2.19 bits per heavy atom. The highest BCUT2D eigenvalue weighted by molar-refractivity contribution is 5.76. The van der Waals surface area contributed by atoms with E-state index in [9.17, 15) is 10.1 Å². The van der Waals surface area contributed by atoms with Crippen LogP contribution in [0, 0.1) is 28.6 Å². The van der Waals surface area contributed by atoms with Crippen molar-refractivity contribution in [3.63, 3.8) is 0 Å². The average molecular weight is 285 g/mol. The number of nitrogens with zero attached hydrogens (tertiary/aromatic N) is 1. The quantitative estimate of drug-likeness (QED) is 0.774. The van der Waals surface area contributed by atoms with Gasteiger partial charge in [-0.05, 0) is 37.7 Å². The van der Waals surface area contributed by atoms with Gasteiger partial charge in [0.15, 0.2) is 0 Å². The van der Waals surface area contributed by atoms with Crippen molar-refractivity contribution >= 4 is 5.97 Å². The number of ether oxygens (including phenoxy) is 1. The van der Waals surface area contributed by atoms with Gasteiger partial charge in [-0.15, -0.1) is 0 Å². The standard InChI is InChI=1S/C18H23NO2/c1-3-21-17(20)16(13-19)18(10-9-14(2)11-18)12-15-7-5-4-6-8-15/h4-8,14,16H,3,9-12H2,1-2H3/t14-,16-,18-/m1/s1. The van der Waals surface area contributed by atoms with Gasteiger partial charge in [0.05, 0.1) is 12.7 Å². The van der Waals surface area contributed by atoms with Crippen LogP contribution in [0.4, 0.5) is 0 Å². The Kier molecular flexibility index (Phi) is 5.01. The maximum absolute atomic E-state index is 12.2. The molecule has 3 heteroatoms. The highest BCUT2D eigenvalue weighted by Gasteiger charge is 2.48. The van der Waals surface area contributed by atoms with Crippen LogP contribution in [0.1, 0.15) is 38.7 Å². The summed E-state index contributed by atoms with van der Waals surface area (Å²) in [5.41, 5.74) is 0.915. The van der Waals surface area contributed by atoms with Crippen molar-refractivity contribution in [3.8, 4) is 6.07 Å². The van der Waals surface area contributed by atoms with Crippen LogP contribution in [0.2, 0.25) is 0 Å². The van der Waals surface area contributed by atoms with Gasteiger partial charge >= 0.3 is 5.97 Å². The third-order valence-electron chi connectivity index (χ3n) is 4.55. The SMILES string of the molecule is CCOC(=O)[C@@H](C#N)[C@]1(Cc2ccccc2)CC[C@@H](C)C1. The highest BCUT2D eigenvalue weighted by Crippen LogP contribution is 2.49. The van der Waals surface area contributed by atoms with Crippen LogP contribution >= 0.6 is 0 Å². The molecular weight excluding hydrogens is 262 g/mol. The molecule has 1 fully saturated rings. The van der Waals surface area contributed by atoms with Crippen LogP contribution in [-0.4, -0.2) is 12.6 Å². The summed E-state index contributed by atoms with van der Waals surface area (Å²) in [7, 11) is 0. The van der Waals surface area contributed by atoms with E-state index in [1.807, 2.05) is 18.2 Å². The molecule has 3 atom stereocenters. The Balaban J connectivity index is 2.29. The lowest BCUT2D eigenvalue weighted by Gasteiger charge is -2.32. The summed E-state index contributed by atoms with van der Waals surface area (Å²) in [5.74, 6) is -0.466. The molecule has 0 amide bonds. The van der Waals surface area contributed by atoms with Gasteiger partial charge < -0.3 is 4.74 Å². The smallest absolute Gasteiger partial charge is 0.323 e. The molecule has 0 aromatic heterocycles. The van der Waals surface area contributed by atoms with Gasteiger partial charge in [0.1, 0.15) is 5.92 Å². The average Bonchev–Trinajstić information content (AvgIpc) is 2.83. The van der Waals surface area contributed by atoms with Crippen molar-refractivity contribution in [2.24, 2.45) is 17.3 Å². The third kappa shape index (κ3) is 3.44. The maximum atomic E-state index is 12.2. The van der Waals surface area contributed by atoms with Gasteiger partial charge in [-0.3, -0.25) is 4.79 Å². The topological polar surface area (TPSA) is 50.1 Å². The summed E-state index contributed by atoms with van der Waals surface area (Å²) in [6.45, 7) is 4.31. The van der Waals surface area contributed by atoms with Crippen LogP contribution in [0.5, 0.6) is 0 Å². The van der Waals surface area contributed by atoms with Crippen LogP contribution in [-0.2, 0) is 16.0 Å². The molecule has 0 N–H and O–H groups in total. The van der Waals surface area contributed by atoms with Crippen LogP contribution in [0.3, 0.4) is 0 Å². The van der Waals surface area contributed by atoms with E-state index in [4.69, 9.17) is 4.74 Å². The zero-order valence-electron chi connectivity index (χ0n) is 12.8. The number of rotatable bonds is 5. The fourth-order valence-corrected chi connectivity index (χ4v) is 3.62. The Bertz CT molecular complexity index is 520. The predicted molar refractivity (Wildman–Crippen MR) is 81.3 cm³/mol. The monoisotopic (exact) mass is 285 g/mol. The second kappa shape index (κ2) is 6.76. The molecule has 0 bridgehead atoms. The van der Waals surface area contributed by atoms with Crippen molar-refractivity contribution in [3.05, 3.63) is 35.9 Å². The second-order valence-corrected chi connectivity index (χ2v) is 6.19. The van der Waals surface area contributed by atoms with Crippen molar-refractivity contribution in [2.45, 2.75) is 39.5 Å². The van der Waals surface area contributed by atoms with E-state index in [0.29, 0.717) is 12.5 Å². The Morgan fingerprint density at radius 3 is 2.71 bits per heavy atom. The van der Waals surface area contributed by atoms with E-state index in [-0.39, 0.29) is 11.4 Å². The molecule has 2 rings (SSSR count). The highest BCUT2D eigenvalue weighted by atomic mass is 16.5. The molecule has 0 unspecified atom stereocenters. The molecule has 0 radical (unpaired) electrons. The first-order valence-corrected chi connectivity index (χ1v) is 7.71. The first-order chi connectivity index (χ1) is 10.1. The van der Waals surface area contributed by atoms with Gasteiger partial charge in [-0.1, -0.05) is 43.7 Å². The number of carbonyl (C=O) groups excluding carboxylic acids is 1. The van der Waals surface area contributed by atoms with E-state index >= 15 is 0 Å². The summed E-state index contributed by atoms with van der Waals surface area (Å²) in [6.07, 6.45) is 3.68. The van der Waals surface area contributed by atoms with Crippen LogP contribution in [0.15, 0.2) is 30.3 Å². The van der Waals surface area contributed by atoms with E-state index in [1.54, 1.807) is 6.92 Å². The number of hydrogen-bond donors (Lipinski definition) is 0. The summed E-state index contributed by atoms with van der Waals surface area (Å²) in [5, 5.41) is 9.56. The van der Waals surface area contributed by atoms with Crippen molar-refractivity contribution in [1.29, 1.82) is 5.26 Å². The van der Waals surface area contributed by atoms with E-state index in [2.05, 4.69) is 25.1 Å². The van der Waals surface area contributed by atoms with Gasteiger partial charge in [-0.25, -0.2) is 0 Å². The number of hydrogen-bond acceptors (Lipinski definition) is 3. The van der Waals surface area contributed by atoms with E-state index in [1.165, 1.54) is 5.56 Å². The van der Waals surface area contributed by atoms with Crippen molar-refractivity contribution < 1.29 is 9.53 Å². The summed E-state index contributed by atoms with van der Waals surface area (Å²) < 4.78 is 5.14. The minimum absolute atomic E-state index is 0.276. The first kappa shape index (κ1) is 15.6. The molecule has 0 saturated heterocycles. The molecule has 1 aliphatic rings. The molecule has 1 aliphatic carbocycles. The lowest BCUT2D eigenvalue weighted by molar-refractivity contribution is -0.150. The predicted octanol–water partition coefficient (Wildman–Crippen LogP) is 3.74. The first-order valence-electron chi connectivity index (χ1n) is 7.71. The lowest BCUT2D eigenvalue weighted by Crippen LogP contribution is -2.36. The molecule has 0 aliphatic heterocycles. The van der Waals surface area contributed by atoms with Crippen LogP contribution in [0.25, 0.3) is 0 Å². The zero-order valence-corrected chi connectivity index (χ0v) is 12.8. The number of nitriles is 1. The molecule has 112 valence electrons. The van der Waals surface area contributed by atoms with Gasteiger partial charge in [0.2, 0.25) is 0 Å². The number of carbonyl (C=O) groups is 1. The molecule has 0 heterocycles. The summed E-state index contributed by atoms with van der Waals surface area (Å²) in [4.78, 5) is 12.2. The third-order valence-corrected chi connectivity index (χ3v) is 4.55. The van der Waals surface area contributed by atoms with Gasteiger partial charge in [0, 0.05) is 5.41 Å². The normalized spacial score (nSPS) is 26.0. The molecule has 1 saturated carbocycles. The Hall–Kier alpha value is -1.82. The van der Waals surface area contributed by atoms with Crippen LogP contribution < -0.4 is 0 Å². The summed E-state index contributed by atoms with van der Waals surface area (Å²) >= 11 is 0. The van der Waals surface area contributed by atoms with E-state index in [0.717, 1.165) is 25.7 Å². The molecule has 0 spiro atoms. The number of benzene rings is 1. The molecule has 1 aromatic rings. The molecule has 1 aromatic carbocycles.